The lowest BCUT2D eigenvalue weighted by Gasteiger charge is -1.98. The molecule has 0 atom stereocenters. The molecule has 13 heavy (non-hydrogen) atoms. The second kappa shape index (κ2) is 3.02. The van der Waals surface area contributed by atoms with E-state index in [1.807, 2.05) is 11.4 Å². The molecule has 0 bridgehead atoms. The topological polar surface area (TPSA) is 23.8 Å². The Morgan fingerprint density at radius 2 is 2.31 bits per heavy atom. The summed E-state index contributed by atoms with van der Waals surface area (Å²) in [6.45, 7) is 0. The molecule has 0 aliphatic carbocycles. The van der Waals surface area contributed by atoms with E-state index < -0.39 is 5.82 Å². The highest BCUT2D eigenvalue weighted by atomic mass is 32.1. The van der Waals surface area contributed by atoms with Crippen LogP contribution in [-0.4, -0.2) is 0 Å². The number of thiol groups is 1. The molecule has 1 heterocycles. The summed E-state index contributed by atoms with van der Waals surface area (Å²) in [5.74, 6) is -0.501. The summed E-state index contributed by atoms with van der Waals surface area (Å²) >= 11 is 5.59. The van der Waals surface area contributed by atoms with Gasteiger partial charge >= 0.3 is 0 Å². The molecule has 0 aliphatic heterocycles. The molecule has 1 nitrogen and oxygen atoms in total. The van der Waals surface area contributed by atoms with Crippen molar-refractivity contribution in [3.63, 3.8) is 0 Å². The molecule has 0 spiro atoms. The van der Waals surface area contributed by atoms with E-state index in [1.54, 1.807) is 6.07 Å². The van der Waals surface area contributed by atoms with Crippen LogP contribution in [0.15, 0.2) is 22.4 Å². The fraction of sp³-hybridized carbons (Fsp3) is 0. The summed E-state index contributed by atoms with van der Waals surface area (Å²) in [4.78, 5) is 0.585. The third-order valence-corrected chi connectivity index (χ3v) is 3.23. The van der Waals surface area contributed by atoms with Crippen LogP contribution in [0.25, 0.3) is 10.1 Å². The lowest BCUT2D eigenvalue weighted by Crippen LogP contribution is -1.84. The number of hydrogen-bond acceptors (Lipinski definition) is 3. The minimum Gasteiger partial charge on any atom is -0.205 e. The third-order valence-electron chi connectivity index (χ3n) is 1.78. The predicted octanol–water partition coefficient (Wildman–Crippen LogP) is 3.20. The first-order valence-electron chi connectivity index (χ1n) is 3.53. The Morgan fingerprint density at radius 1 is 1.54 bits per heavy atom. The Hall–Kier alpha value is -1.05. The molecule has 0 aliphatic rings. The van der Waals surface area contributed by atoms with Crippen LogP contribution in [0.4, 0.5) is 4.39 Å². The van der Waals surface area contributed by atoms with Crippen LogP contribution in [0.3, 0.4) is 0 Å². The van der Waals surface area contributed by atoms with Gasteiger partial charge in [0.15, 0.2) is 0 Å². The molecule has 0 N–H and O–H groups in total. The Balaban J connectivity index is 2.99. The SMILES string of the molecule is N#Cc1c(F)cc(S)c2sccc12. The number of hydrogen-bond donors (Lipinski definition) is 1. The highest BCUT2D eigenvalue weighted by Gasteiger charge is 2.10. The predicted molar refractivity (Wildman–Crippen MR) is 53.8 cm³/mol. The Labute approximate surface area is 83.8 Å². The van der Waals surface area contributed by atoms with Gasteiger partial charge in [0, 0.05) is 15.0 Å². The molecule has 0 fully saturated rings. The van der Waals surface area contributed by atoms with E-state index in [-0.39, 0.29) is 5.56 Å². The number of fused-ring (bicyclic) bond motifs is 1. The van der Waals surface area contributed by atoms with E-state index in [2.05, 4.69) is 12.6 Å². The first-order chi connectivity index (χ1) is 6.24. The van der Waals surface area contributed by atoms with Crippen molar-refractivity contribution >= 4 is 34.1 Å². The summed E-state index contributed by atoms with van der Waals surface area (Å²) in [7, 11) is 0. The van der Waals surface area contributed by atoms with Gasteiger partial charge in [-0.05, 0) is 17.5 Å². The Morgan fingerprint density at radius 3 is 3.00 bits per heavy atom. The number of thiophene rings is 1. The largest absolute Gasteiger partial charge is 0.205 e. The van der Waals surface area contributed by atoms with Crippen LogP contribution in [0.2, 0.25) is 0 Å². The summed E-state index contributed by atoms with van der Waals surface area (Å²) in [6, 6.07) is 4.87. The zero-order valence-corrected chi connectivity index (χ0v) is 8.12. The zero-order chi connectivity index (χ0) is 9.42. The van der Waals surface area contributed by atoms with Crippen molar-refractivity contribution in [2.45, 2.75) is 4.90 Å². The van der Waals surface area contributed by atoms with Gasteiger partial charge in [-0.25, -0.2) is 4.39 Å². The summed E-state index contributed by atoms with van der Waals surface area (Å²) in [6.07, 6.45) is 0. The number of benzene rings is 1. The molecule has 0 amide bonds. The minimum absolute atomic E-state index is 0.106. The summed E-state index contributed by atoms with van der Waals surface area (Å²) < 4.78 is 14.1. The fourth-order valence-electron chi connectivity index (χ4n) is 1.20. The van der Waals surface area contributed by atoms with Gasteiger partial charge < -0.3 is 0 Å². The molecule has 2 aromatic rings. The molecule has 0 saturated heterocycles. The zero-order valence-electron chi connectivity index (χ0n) is 6.41. The quantitative estimate of drug-likeness (QED) is 0.662. The molecular weight excluding hydrogens is 205 g/mol. The van der Waals surface area contributed by atoms with Crippen molar-refractivity contribution in [1.82, 2.24) is 0 Å². The van der Waals surface area contributed by atoms with Gasteiger partial charge in [-0.15, -0.1) is 24.0 Å². The minimum atomic E-state index is -0.501. The maximum Gasteiger partial charge on any atom is 0.142 e. The van der Waals surface area contributed by atoms with Gasteiger partial charge in [-0.3, -0.25) is 0 Å². The van der Waals surface area contributed by atoms with Crippen LogP contribution in [0.1, 0.15) is 5.56 Å². The molecule has 0 unspecified atom stereocenters. The maximum atomic E-state index is 13.2. The van der Waals surface area contributed by atoms with Gasteiger partial charge in [0.2, 0.25) is 0 Å². The Bertz CT molecular complexity index is 510. The second-order valence-electron chi connectivity index (χ2n) is 2.53. The van der Waals surface area contributed by atoms with E-state index in [0.717, 1.165) is 4.70 Å². The summed E-state index contributed by atoms with van der Waals surface area (Å²) in [5, 5.41) is 11.2. The molecule has 1 aromatic heterocycles. The first-order valence-corrected chi connectivity index (χ1v) is 4.85. The standard InChI is InChI=1S/C9H4FNS2/c10-7-3-8(12)9-5(1-2-13-9)6(7)4-11/h1-3,12H. The van der Waals surface area contributed by atoms with Crippen LogP contribution in [0.5, 0.6) is 0 Å². The number of rotatable bonds is 0. The average molecular weight is 209 g/mol. The highest BCUT2D eigenvalue weighted by molar-refractivity contribution is 7.80. The van der Waals surface area contributed by atoms with Crippen LogP contribution in [-0.2, 0) is 0 Å². The van der Waals surface area contributed by atoms with Crippen molar-refractivity contribution in [1.29, 1.82) is 5.26 Å². The van der Waals surface area contributed by atoms with Crippen molar-refractivity contribution in [3.8, 4) is 6.07 Å². The van der Waals surface area contributed by atoms with Crippen LogP contribution in [0, 0.1) is 17.1 Å². The van der Waals surface area contributed by atoms with Gasteiger partial charge in [-0.2, -0.15) is 5.26 Å². The molecule has 64 valence electrons. The van der Waals surface area contributed by atoms with Gasteiger partial charge in [0.1, 0.15) is 11.9 Å². The van der Waals surface area contributed by atoms with E-state index in [0.29, 0.717) is 10.3 Å². The molecule has 0 saturated carbocycles. The van der Waals surface area contributed by atoms with E-state index in [1.165, 1.54) is 17.4 Å². The maximum absolute atomic E-state index is 13.2. The van der Waals surface area contributed by atoms with Crippen molar-refractivity contribution in [2.75, 3.05) is 0 Å². The lowest BCUT2D eigenvalue weighted by molar-refractivity contribution is 0.623. The lowest BCUT2D eigenvalue weighted by atomic mass is 10.1. The van der Waals surface area contributed by atoms with E-state index in [9.17, 15) is 4.39 Å². The molecular formula is C9H4FNS2. The first kappa shape index (κ1) is 8.54. The fourth-order valence-corrected chi connectivity index (χ4v) is 2.41. The molecule has 4 heteroatoms. The number of halogens is 1. The second-order valence-corrected chi connectivity index (χ2v) is 3.93. The van der Waals surface area contributed by atoms with Gasteiger partial charge in [0.25, 0.3) is 0 Å². The monoisotopic (exact) mass is 209 g/mol. The van der Waals surface area contributed by atoms with Gasteiger partial charge in [0.05, 0.1) is 5.56 Å². The van der Waals surface area contributed by atoms with Crippen LogP contribution < -0.4 is 0 Å². The van der Waals surface area contributed by atoms with Crippen molar-refractivity contribution < 1.29 is 4.39 Å². The number of nitrogens with zero attached hydrogens (tertiary/aromatic N) is 1. The Kier molecular flexibility index (Phi) is 1.98. The smallest absolute Gasteiger partial charge is 0.142 e. The number of nitriles is 1. The summed E-state index contributed by atoms with van der Waals surface area (Å²) in [5.41, 5.74) is 0.106. The average Bonchev–Trinajstić information content (AvgIpc) is 2.53. The van der Waals surface area contributed by atoms with E-state index >= 15 is 0 Å². The van der Waals surface area contributed by atoms with Crippen molar-refractivity contribution in [3.05, 3.63) is 28.9 Å². The van der Waals surface area contributed by atoms with E-state index in [4.69, 9.17) is 5.26 Å². The molecule has 1 aromatic carbocycles. The molecule has 0 radical (unpaired) electrons. The van der Waals surface area contributed by atoms with Gasteiger partial charge in [-0.1, -0.05) is 0 Å². The molecule has 2 rings (SSSR count). The normalized spacial score (nSPS) is 10.2. The highest BCUT2D eigenvalue weighted by Crippen LogP contribution is 2.31. The third kappa shape index (κ3) is 1.21. The van der Waals surface area contributed by atoms with Crippen LogP contribution >= 0.6 is 24.0 Å². The van der Waals surface area contributed by atoms with Crippen molar-refractivity contribution in [2.24, 2.45) is 0 Å².